The molecule has 0 bridgehead atoms. The summed E-state index contributed by atoms with van der Waals surface area (Å²) >= 11 is 2.61. The molecule has 0 unspecified atom stereocenters. The molecule has 0 saturated carbocycles. The molecule has 1 aliphatic heterocycles. The molecule has 1 aliphatic rings. The first-order valence-electron chi connectivity index (χ1n) is 8.77. The van der Waals surface area contributed by atoms with Gasteiger partial charge in [-0.05, 0) is 0 Å². The monoisotopic (exact) mass is 421 g/mol. The van der Waals surface area contributed by atoms with Crippen molar-refractivity contribution in [2.24, 2.45) is 0 Å². The summed E-state index contributed by atoms with van der Waals surface area (Å²) in [5.74, 6) is 1.71. The van der Waals surface area contributed by atoms with Crippen LogP contribution in [0, 0.1) is 13.8 Å². The molecule has 0 atom stereocenters. The molecule has 0 aliphatic carbocycles. The second kappa shape index (κ2) is 7.24. The molecular formula is C21H20AsN3O2. The SMILES string of the molecule is COC1=C([As])C=C(c2c(C)noc2C)CN1Cc1cccc2ncccc12. The van der Waals surface area contributed by atoms with E-state index < -0.39 is 0 Å². The normalized spacial score (nSPS) is 14.7. The van der Waals surface area contributed by atoms with Gasteiger partial charge in [0.15, 0.2) is 0 Å². The molecule has 6 heteroatoms. The van der Waals surface area contributed by atoms with Crippen LogP contribution in [0.3, 0.4) is 0 Å². The standard InChI is InChI=1S/C21H20AsN3O2/c1-13-20(14(2)27-24-13)16-10-18(22)21(26-3)25(12-16)11-15-6-4-8-19-17(15)7-5-9-23-19/h4-10H,11-12H2,1-3H3. The van der Waals surface area contributed by atoms with Gasteiger partial charge in [-0.25, -0.2) is 0 Å². The van der Waals surface area contributed by atoms with Crippen molar-refractivity contribution in [1.82, 2.24) is 15.0 Å². The molecule has 2 aromatic heterocycles. The van der Waals surface area contributed by atoms with Crippen molar-refractivity contribution in [1.29, 1.82) is 0 Å². The van der Waals surface area contributed by atoms with E-state index in [1.54, 1.807) is 7.11 Å². The number of allylic oxidation sites excluding steroid dienone is 2. The minimum atomic E-state index is 0.726. The summed E-state index contributed by atoms with van der Waals surface area (Å²) in [6.07, 6.45) is 3.97. The Hall–Kier alpha value is -2.52. The van der Waals surface area contributed by atoms with Crippen molar-refractivity contribution >= 4 is 33.3 Å². The van der Waals surface area contributed by atoms with Crippen molar-refractivity contribution in [3.8, 4) is 0 Å². The third-order valence-corrected chi connectivity index (χ3v) is 5.50. The second-order valence-electron chi connectivity index (χ2n) is 6.61. The van der Waals surface area contributed by atoms with Crippen LogP contribution in [0.1, 0.15) is 22.6 Å². The van der Waals surface area contributed by atoms with E-state index in [-0.39, 0.29) is 0 Å². The van der Waals surface area contributed by atoms with E-state index in [1.807, 2.05) is 32.2 Å². The molecule has 3 heterocycles. The van der Waals surface area contributed by atoms with Crippen molar-refractivity contribution in [3.05, 3.63) is 75.4 Å². The van der Waals surface area contributed by atoms with Gasteiger partial charge in [-0.3, -0.25) is 0 Å². The number of aryl methyl sites for hydroxylation is 2. The van der Waals surface area contributed by atoms with E-state index >= 15 is 0 Å². The maximum absolute atomic E-state index is 5.72. The molecule has 136 valence electrons. The fourth-order valence-electron chi connectivity index (χ4n) is 3.68. The maximum atomic E-state index is 5.72. The van der Waals surface area contributed by atoms with Gasteiger partial charge in [0.1, 0.15) is 0 Å². The molecule has 3 aromatic rings. The van der Waals surface area contributed by atoms with Crippen LogP contribution in [-0.2, 0) is 11.3 Å². The third kappa shape index (κ3) is 3.28. The number of benzene rings is 1. The number of ether oxygens (including phenoxy) is 1. The Morgan fingerprint density at radius 1 is 1.22 bits per heavy atom. The summed E-state index contributed by atoms with van der Waals surface area (Å²) in [4.78, 5) is 6.72. The van der Waals surface area contributed by atoms with E-state index in [4.69, 9.17) is 9.26 Å². The van der Waals surface area contributed by atoms with Crippen LogP contribution in [0.25, 0.3) is 16.5 Å². The van der Waals surface area contributed by atoms with Gasteiger partial charge in [0.2, 0.25) is 0 Å². The summed E-state index contributed by atoms with van der Waals surface area (Å²) in [7, 11) is 1.72. The molecule has 4 rings (SSSR count). The Kier molecular flexibility index (Phi) is 4.79. The zero-order valence-electron chi connectivity index (χ0n) is 15.6. The van der Waals surface area contributed by atoms with E-state index in [9.17, 15) is 0 Å². The summed E-state index contributed by atoms with van der Waals surface area (Å²) in [5, 5.41) is 5.27. The summed E-state index contributed by atoms with van der Waals surface area (Å²) in [6, 6.07) is 10.3. The number of methoxy groups -OCH3 is 1. The van der Waals surface area contributed by atoms with E-state index in [2.05, 4.69) is 56.2 Å². The molecular weight excluding hydrogens is 401 g/mol. The van der Waals surface area contributed by atoms with Crippen LogP contribution in [0.4, 0.5) is 0 Å². The van der Waals surface area contributed by atoms with Crippen molar-refractivity contribution < 1.29 is 9.26 Å². The first kappa shape index (κ1) is 17.9. The molecule has 0 saturated heterocycles. The fraction of sp³-hybridized carbons (Fsp3) is 0.238. The zero-order valence-corrected chi connectivity index (χ0v) is 17.4. The van der Waals surface area contributed by atoms with Crippen molar-refractivity contribution in [2.45, 2.75) is 20.4 Å². The van der Waals surface area contributed by atoms with Gasteiger partial charge in [0.05, 0.1) is 0 Å². The predicted molar refractivity (Wildman–Crippen MR) is 106 cm³/mol. The number of aromatic nitrogens is 2. The summed E-state index contributed by atoms with van der Waals surface area (Å²) in [6.45, 7) is 5.39. The predicted octanol–water partition coefficient (Wildman–Crippen LogP) is 3.72. The van der Waals surface area contributed by atoms with Crippen LogP contribution in [-0.4, -0.2) is 45.5 Å². The van der Waals surface area contributed by atoms with Crippen LogP contribution in [0.2, 0.25) is 0 Å². The first-order chi connectivity index (χ1) is 13.1. The molecule has 0 fully saturated rings. The quantitative estimate of drug-likeness (QED) is 0.601. The Balaban J connectivity index is 1.73. The fourth-order valence-corrected chi connectivity index (χ4v) is 4.49. The molecule has 5 nitrogen and oxygen atoms in total. The van der Waals surface area contributed by atoms with Crippen molar-refractivity contribution in [3.63, 3.8) is 0 Å². The third-order valence-electron chi connectivity index (χ3n) is 4.82. The van der Waals surface area contributed by atoms with Gasteiger partial charge in [-0.15, -0.1) is 0 Å². The van der Waals surface area contributed by atoms with Crippen LogP contribution >= 0.6 is 0 Å². The van der Waals surface area contributed by atoms with Gasteiger partial charge < -0.3 is 0 Å². The molecule has 0 N–H and O–H groups in total. The number of fused-ring (bicyclic) bond motifs is 1. The van der Waals surface area contributed by atoms with E-state index in [1.165, 1.54) is 11.1 Å². The minimum absolute atomic E-state index is 0.726. The number of pyridine rings is 1. The van der Waals surface area contributed by atoms with E-state index in [0.29, 0.717) is 0 Å². The number of rotatable bonds is 4. The molecule has 0 spiro atoms. The van der Waals surface area contributed by atoms with Gasteiger partial charge in [0.25, 0.3) is 0 Å². The van der Waals surface area contributed by atoms with E-state index in [0.717, 1.165) is 51.3 Å². The zero-order chi connectivity index (χ0) is 19.0. The Morgan fingerprint density at radius 2 is 2.07 bits per heavy atom. The number of hydrogen-bond donors (Lipinski definition) is 0. The number of hydrogen-bond acceptors (Lipinski definition) is 5. The Morgan fingerprint density at radius 3 is 2.81 bits per heavy atom. The van der Waals surface area contributed by atoms with Gasteiger partial charge in [-0.1, -0.05) is 0 Å². The van der Waals surface area contributed by atoms with Crippen molar-refractivity contribution in [2.75, 3.05) is 13.7 Å². The Labute approximate surface area is 167 Å². The second-order valence-corrected chi connectivity index (χ2v) is 7.62. The van der Waals surface area contributed by atoms with Crippen LogP contribution < -0.4 is 0 Å². The number of nitrogens with zero attached hydrogens (tertiary/aromatic N) is 3. The average Bonchev–Trinajstić information content (AvgIpc) is 3.00. The van der Waals surface area contributed by atoms with Gasteiger partial charge in [-0.2, -0.15) is 0 Å². The summed E-state index contributed by atoms with van der Waals surface area (Å²) in [5.41, 5.74) is 5.40. The molecule has 27 heavy (non-hydrogen) atoms. The van der Waals surface area contributed by atoms with Crippen LogP contribution in [0.15, 0.2) is 57.4 Å². The van der Waals surface area contributed by atoms with Gasteiger partial charge in [0, 0.05) is 0 Å². The summed E-state index contributed by atoms with van der Waals surface area (Å²) < 4.78 is 12.1. The molecule has 2 radical (unpaired) electrons. The average molecular weight is 421 g/mol. The van der Waals surface area contributed by atoms with Crippen LogP contribution in [0.5, 0.6) is 0 Å². The van der Waals surface area contributed by atoms with Gasteiger partial charge >= 0.3 is 167 Å². The molecule has 0 amide bonds. The Bertz CT molecular complexity index is 1040. The topological polar surface area (TPSA) is 51.4 Å². The first-order valence-corrected chi connectivity index (χ1v) is 9.71. The molecule has 1 aromatic carbocycles.